The van der Waals surface area contributed by atoms with Crippen molar-refractivity contribution in [3.63, 3.8) is 0 Å². The third-order valence-corrected chi connectivity index (χ3v) is 5.94. The van der Waals surface area contributed by atoms with Crippen molar-refractivity contribution >= 4 is 11.8 Å². The third-order valence-electron chi connectivity index (χ3n) is 5.94. The third kappa shape index (κ3) is 3.38. The van der Waals surface area contributed by atoms with Crippen molar-refractivity contribution in [3.8, 4) is 0 Å². The van der Waals surface area contributed by atoms with Crippen LogP contribution in [0.1, 0.15) is 22.5 Å². The van der Waals surface area contributed by atoms with Crippen LogP contribution in [0.3, 0.4) is 0 Å². The molecule has 2 amide bonds. The summed E-state index contributed by atoms with van der Waals surface area (Å²) in [5, 5.41) is 0. The monoisotopic (exact) mass is 362 g/mol. The molecule has 4 rings (SSSR count). The molecule has 0 aromatic carbocycles. The fourth-order valence-corrected chi connectivity index (χ4v) is 4.42. The number of aryl methyl sites for hydroxylation is 1. The molecule has 7 nitrogen and oxygen atoms in total. The second-order valence-corrected chi connectivity index (χ2v) is 7.52. The summed E-state index contributed by atoms with van der Waals surface area (Å²) in [7, 11) is 0. The van der Waals surface area contributed by atoms with Gasteiger partial charge < -0.3 is 23.7 Å². The number of rotatable bonds is 3. The van der Waals surface area contributed by atoms with E-state index in [1.54, 1.807) is 12.3 Å². The molecule has 3 fully saturated rings. The van der Waals surface area contributed by atoms with Crippen molar-refractivity contribution in [2.24, 2.45) is 17.8 Å². The molecular weight excluding hydrogens is 336 g/mol. The predicted octanol–water partition coefficient (Wildman–Crippen LogP) is 1.17. The first-order valence-corrected chi connectivity index (χ1v) is 9.40. The van der Waals surface area contributed by atoms with E-state index in [2.05, 4.69) is 0 Å². The SMILES string of the molecule is Cc1occc1C(=O)N1C[C@H]2COC[C@@H](CC(=O)N3CCOCC3)[C@H]2C1. The lowest BCUT2D eigenvalue weighted by molar-refractivity contribution is -0.138. The Morgan fingerprint density at radius 3 is 2.65 bits per heavy atom. The van der Waals surface area contributed by atoms with Crippen LogP contribution in [0.2, 0.25) is 0 Å². The number of fused-ring (bicyclic) bond motifs is 1. The molecule has 7 heteroatoms. The van der Waals surface area contributed by atoms with Gasteiger partial charge >= 0.3 is 0 Å². The molecule has 3 aliphatic heterocycles. The Kier molecular flexibility index (Phi) is 5.00. The standard InChI is InChI=1S/C19H26N2O5/c1-13-16(2-5-26-13)19(23)21-9-15-12-25-11-14(17(15)10-21)8-18(22)20-3-6-24-7-4-20/h2,5,14-15,17H,3-4,6-12H2,1H3/t14-,15+,17-/m1/s1. The van der Waals surface area contributed by atoms with Gasteiger partial charge in [-0.1, -0.05) is 0 Å². The zero-order valence-corrected chi connectivity index (χ0v) is 15.2. The van der Waals surface area contributed by atoms with E-state index in [1.165, 1.54) is 0 Å². The molecule has 0 unspecified atom stereocenters. The summed E-state index contributed by atoms with van der Waals surface area (Å²) in [4.78, 5) is 29.2. The zero-order valence-electron chi connectivity index (χ0n) is 15.2. The minimum atomic E-state index is 0.0175. The summed E-state index contributed by atoms with van der Waals surface area (Å²) in [6.07, 6.45) is 2.05. The van der Waals surface area contributed by atoms with Gasteiger partial charge in [0.2, 0.25) is 5.91 Å². The molecule has 1 aromatic rings. The van der Waals surface area contributed by atoms with Crippen molar-refractivity contribution < 1.29 is 23.5 Å². The molecule has 0 aliphatic carbocycles. The average molecular weight is 362 g/mol. The number of hydrogen-bond acceptors (Lipinski definition) is 5. The molecule has 3 saturated heterocycles. The van der Waals surface area contributed by atoms with Crippen molar-refractivity contribution in [2.45, 2.75) is 13.3 Å². The van der Waals surface area contributed by atoms with Crippen LogP contribution in [-0.2, 0) is 14.3 Å². The van der Waals surface area contributed by atoms with Crippen molar-refractivity contribution in [3.05, 3.63) is 23.7 Å². The fraction of sp³-hybridized carbons (Fsp3) is 0.684. The van der Waals surface area contributed by atoms with Crippen LogP contribution in [0.25, 0.3) is 0 Å². The quantitative estimate of drug-likeness (QED) is 0.807. The van der Waals surface area contributed by atoms with E-state index in [1.807, 2.05) is 16.7 Å². The molecule has 3 aliphatic rings. The highest BCUT2D eigenvalue weighted by Gasteiger charge is 2.43. The Balaban J connectivity index is 1.40. The molecule has 0 bridgehead atoms. The molecule has 0 N–H and O–H groups in total. The summed E-state index contributed by atoms with van der Waals surface area (Å²) in [5.74, 6) is 1.65. The van der Waals surface area contributed by atoms with Crippen molar-refractivity contribution in [1.29, 1.82) is 0 Å². The minimum Gasteiger partial charge on any atom is -0.469 e. The van der Waals surface area contributed by atoms with Crippen LogP contribution < -0.4 is 0 Å². The van der Waals surface area contributed by atoms with E-state index >= 15 is 0 Å². The van der Waals surface area contributed by atoms with Gasteiger partial charge in [0.05, 0.1) is 38.3 Å². The highest BCUT2D eigenvalue weighted by atomic mass is 16.5. The van der Waals surface area contributed by atoms with E-state index in [0.29, 0.717) is 82.2 Å². The molecule has 3 atom stereocenters. The van der Waals surface area contributed by atoms with E-state index in [0.717, 1.165) is 0 Å². The number of carbonyl (C=O) groups excluding carboxylic acids is 2. The predicted molar refractivity (Wildman–Crippen MR) is 92.7 cm³/mol. The minimum absolute atomic E-state index is 0.0175. The lowest BCUT2D eigenvalue weighted by Gasteiger charge is -2.34. The van der Waals surface area contributed by atoms with Crippen molar-refractivity contribution in [2.75, 3.05) is 52.6 Å². The molecule has 0 spiro atoms. The molecule has 4 heterocycles. The van der Waals surface area contributed by atoms with Gasteiger partial charge in [0.15, 0.2) is 0 Å². The van der Waals surface area contributed by atoms with E-state index in [9.17, 15) is 9.59 Å². The molecular formula is C19H26N2O5. The Labute approximate surface area is 153 Å². The average Bonchev–Trinajstić information content (AvgIpc) is 3.28. The van der Waals surface area contributed by atoms with Crippen LogP contribution in [0.15, 0.2) is 16.7 Å². The summed E-state index contributed by atoms with van der Waals surface area (Å²) in [6, 6.07) is 1.73. The molecule has 26 heavy (non-hydrogen) atoms. The largest absolute Gasteiger partial charge is 0.469 e. The molecule has 0 radical (unpaired) electrons. The van der Waals surface area contributed by atoms with Crippen LogP contribution >= 0.6 is 0 Å². The van der Waals surface area contributed by atoms with Crippen molar-refractivity contribution in [1.82, 2.24) is 9.80 Å². The highest BCUT2D eigenvalue weighted by Crippen LogP contribution is 2.36. The smallest absolute Gasteiger partial charge is 0.257 e. The second kappa shape index (κ2) is 7.40. The molecule has 0 saturated carbocycles. The number of likely N-dealkylation sites (tertiary alicyclic amines) is 1. The zero-order chi connectivity index (χ0) is 18.1. The number of furan rings is 1. The summed E-state index contributed by atoms with van der Waals surface area (Å²) < 4.78 is 16.4. The molecule has 142 valence electrons. The van der Waals surface area contributed by atoms with Crippen LogP contribution in [-0.4, -0.2) is 74.2 Å². The van der Waals surface area contributed by atoms with Crippen LogP contribution in [0.4, 0.5) is 0 Å². The number of ether oxygens (including phenoxy) is 2. The number of morpholine rings is 1. The Hall–Kier alpha value is -1.86. The Morgan fingerprint density at radius 1 is 1.12 bits per heavy atom. The van der Waals surface area contributed by atoms with Gasteiger partial charge in [0.25, 0.3) is 5.91 Å². The maximum absolute atomic E-state index is 12.8. The van der Waals surface area contributed by atoms with Gasteiger partial charge in [-0.05, 0) is 24.8 Å². The van der Waals surface area contributed by atoms with Gasteiger partial charge in [-0.25, -0.2) is 0 Å². The maximum Gasteiger partial charge on any atom is 0.257 e. The topological polar surface area (TPSA) is 72.2 Å². The first-order valence-electron chi connectivity index (χ1n) is 9.40. The number of hydrogen-bond donors (Lipinski definition) is 0. The Morgan fingerprint density at radius 2 is 1.92 bits per heavy atom. The van der Waals surface area contributed by atoms with Gasteiger partial charge in [-0.15, -0.1) is 0 Å². The number of nitrogens with zero attached hydrogens (tertiary/aromatic N) is 2. The summed E-state index contributed by atoms with van der Waals surface area (Å²) in [5.41, 5.74) is 0.630. The first kappa shape index (κ1) is 17.5. The first-order chi connectivity index (χ1) is 12.6. The highest BCUT2D eigenvalue weighted by molar-refractivity contribution is 5.95. The van der Waals surface area contributed by atoms with Crippen LogP contribution in [0, 0.1) is 24.7 Å². The summed E-state index contributed by atoms with van der Waals surface area (Å²) >= 11 is 0. The lowest BCUT2D eigenvalue weighted by Crippen LogP contribution is -2.44. The van der Waals surface area contributed by atoms with E-state index < -0.39 is 0 Å². The summed E-state index contributed by atoms with van der Waals surface area (Å²) in [6.45, 7) is 7.04. The van der Waals surface area contributed by atoms with Crippen LogP contribution in [0.5, 0.6) is 0 Å². The Bertz CT molecular complexity index is 667. The van der Waals surface area contributed by atoms with Gasteiger partial charge in [0.1, 0.15) is 5.76 Å². The van der Waals surface area contributed by atoms with Gasteiger partial charge in [-0.3, -0.25) is 9.59 Å². The molecule has 1 aromatic heterocycles. The number of carbonyl (C=O) groups is 2. The van der Waals surface area contributed by atoms with Gasteiger partial charge in [0, 0.05) is 38.5 Å². The van der Waals surface area contributed by atoms with Gasteiger partial charge in [-0.2, -0.15) is 0 Å². The fourth-order valence-electron chi connectivity index (χ4n) is 4.42. The van der Waals surface area contributed by atoms with E-state index in [-0.39, 0.29) is 17.7 Å². The maximum atomic E-state index is 12.8. The lowest BCUT2D eigenvalue weighted by atomic mass is 9.81. The normalized spacial score (nSPS) is 28.9. The number of amides is 2. The van der Waals surface area contributed by atoms with E-state index in [4.69, 9.17) is 13.9 Å². The second-order valence-electron chi connectivity index (χ2n) is 7.52.